The maximum atomic E-state index is 10.9. The highest BCUT2D eigenvalue weighted by Gasteiger charge is 2.46. The lowest BCUT2D eigenvalue weighted by atomic mass is 9.81. The van der Waals surface area contributed by atoms with Crippen LogP contribution in [0.25, 0.3) is 0 Å². The number of aliphatic hydroxyl groups excluding tert-OH is 1. The van der Waals surface area contributed by atoms with Gasteiger partial charge in [0.25, 0.3) is 5.91 Å². The molecule has 29 heavy (non-hydrogen) atoms. The molecule has 4 rings (SSSR count). The van der Waals surface area contributed by atoms with Gasteiger partial charge in [0, 0.05) is 29.6 Å². The lowest BCUT2D eigenvalue weighted by molar-refractivity contribution is -0.139. The number of rotatable bonds is 5. The summed E-state index contributed by atoms with van der Waals surface area (Å²) in [6.07, 6.45) is 1.10. The largest absolute Gasteiger partial charge is 0.484 e. The Balaban J connectivity index is 1.46. The van der Waals surface area contributed by atoms with Crippen LogP contribution < -0.4 is 10.5 Å². The van der Waals surface area contributed by atoms with E-state index in [-0.39, 0.29) is 12.2 Å². The lowest BCUT2D eigenvalue weighted by Gasteiger charge is -2.47. The van der Waals surface area contributed by atoms with Crippen LogP contribution in [0.15, 0.2) is 30.3 Å². The monoisotopic (exact) mass is 436 g/mol. The molecule has 0 bridgehead atoms. The Morgan fingerprint density at radius 3 is 3.07 bits per heavy atom. The van der Waals surface area contributed by atoms with Crippen LogP contribution in [-0.2, 0) is 21.7 Å². The summed E-state index contributed by atoms with van der Waals surface area (Å²) in [4.78, 5) is 14.4. The van der Waals surface area contributed by atoms with E-state index in [9.17, 15) is 9.90 Å². The molecule has 1 saturated heterocycles. The first-order valence-electron chi connectivity index (χ1n) is 9.72. The van der Waals surface area contributed by atoms with Crippen molar-refractivity contribution < 1.29 is 19.4 Å². The number of carbonyl (C=O) groups is 1. The number of halogens is 1. The van der Waals surface area contributed by atoms with E-state index in [0.717, 1.165) is 41.9 Å². The Morgan fingerprint density at radius 2 is 2.31 bits per heavy atom. The highest BCUT2D eigenvalue weighted by molar-refractivity contribution is 7.16. The van der Waals surface area contributed by atoms with Crippen molar-refractivity contribution in [2.75, 3.05) is 19.8 Å². The third-order valence-electron chi connectivity index (χ3n) is 5.74. The average molecular weight is 437 g/mol. The predicted octanol–water partition coefficient (Wildman–Crippen LogP) is 3.21. The summed E-state index contributed by atoms with van der Waals surface area (Å²) in [5.41, 5.74) is 6.83. The Bertz CT molecular complexity index is 905. The topological polar surface area (TPSA) is 85.0 Å². The first-order chi connectivity index (χ1) is 13.9. The third-order valence-corrected chi connectivity index (χ3v) is 7.20. The Kier molecular flexibility index (Phi) is 5.86. The van der Waals surface area contributed by atoms with Gasteiger partial charge in [0.1, 0.15) is 17.5 Å². The van der Waals surface area contributed by atoms with Crippen LogP contribution in [0.4, 0.5) is 0 Å². The highest BCUT2D eigenvalue weighted by atomic mass is 35.5. The summed E-state index contributed by atoms with van der Waals surface area (Å²) in [5.74, 6) is 0.154. The SMILES string of the molecule is C[C@H]1C[C@@]2(CCN1Cc1cccc(OCC(N)=O)c1)OC[C@H](O)c1cc(Cl)sc12. The molecule has 0 radical (unpaired) electrons. The normalized spacial score (nSPS) is 27.0. The fourth-order valence-electron chi connectivity index (χ4n) is 4.32. The fraction of sp³-hybridized carbons (Fsp3) is 0.476. The van der Waals surface area contributed by atoms with Crippen molar-refractivity contribution in [3.05, 3.63) is 50.7 Å². The van der Waals surface area contributed by atoms with E-state index in [1.807, 2.05) is 24.3 Å². The van der Waals surface area contributed by atoms with Gasteiger partial charge in [0.05, 0.1) is 10.9 Å². The summed E-state index contributed by atoms with van der Waals surface area (Å²) in [6, 6.07) is 9.93. The van der Waals surface area contributed by atoms with E-state index in [0.29, 0.717) is 22.7 Å². The number of piperidine rings is 1. The van der Waals surface area contributed by atoms with E-state index in [1.165, 1.54) is 11.3 Å². The molecule has 1 aromatic carbocycles. The quantitative estimate of drug-likeness (QED) is 0.751. The van der Waals surface area contributed by atoms with Crippen LogP contribution in [0.1, 0.15) is 41.9 Å². The molecule has 0 aliphatic carbocycles. The maximum Gasteiger partial charge on any atom is 0.255 e. The van der Waals surface area contributed by atoms with Gasteiger partial charge >= 0.3 is 0 Å². The van der Waals surface area contributed by atoms with Crippen molar-refractivity contribution in [1.82, 2.24) is 4.90 Å². The molecule has 1 aromatic heterocycles. The highest BCUT2D eigenvalue weighted by Crippen LogP contribution is 2.50. The molecule has 3 heterocycles. The Labute approximate surface area is 179 Å². The van der Waals surface area contributed by atoms with Gasteiger partial charge in [-0.25, -0.2) is 0 Å². The lowest BCUT2D eigenvalue weighted by Crippen LogP contribution is -2.50. The predicted molar refractivity (Wildman–Crippen MR) is 112 cm³/mol. The van der Waals surface area contributed by atoms with Gasteiger partial charge in [-0.2, -0.15) is 0 Å². The number of fused-ring (bicyclic) bond motifs is 2. The zero-order chi connectivity index (χ0) is 20.6. The average Bonchev–Trinajstić information content (AvgIpc) is 3.09. The van der Waals surface area contributed by atoms with Crippen molar-refractivity contribution in [2.24, 2.45) is 5.73 Å². The van der Waals surface area contributed by atoms with Gasteiger partial charge in [0.2, 0.25) is 0 Å². The minimum atomic E-state index is -0.601. The summed E-state index contributed by atoms with van der Waals surface area (Å²) in [5, 5.41) is 10.3. The number of nitrogens with two attached hydrogens (primary N) is 1. The molecule has 0 saturated carbocycles. The molecule has 0 unspecified atom stereocenters. The summed E-state index contributed by atoms with van der Waals surface area (Å²) in [7, 11) is 0. The van der Waals surface area contributed by atoms with Gasteiger partial charge in [0.15, 0.2) is 6.61 Å². The number of nitrogens with zero attached hydrogens (tertiary/aromatic N) is 1. The second-order valence-corrected chi connectivity index (χ2v) is 9.52. The molecule has 3 atom stereocenters. The second-order valence-electron chi connectivity index (χ2n) is 7.83. The van der Waals surface area contributed by atoms with E-state index in [4.69, 9.17) is 26.8 Å². The molecule has 2 aliphatic rings. The van der Waals surface area contributed by atoms with E-state index in [1.54, 1.807) is 0 Å². The molecule has 1 amide bonds. The fourth-order valence-corrected chi connectivity index (χ4v) is 5.79. The maximum absolute atomic E-state index is 10.9. The molecular formula is C21H25ClN2O4S. The van der Waals surface area contributed by atoms with Crippen molar-refractivity contribution in [3.63, 3.8) is 0 Å². The van der Waals surface area contributed by atoms with Crippen molar-refractivity contribution in [2.45, 2.75) is 44.1 Å². The Morgan fingerprint density at radius 1 is 1.48 bits per heavy atom. The zero-order valence-electron chi connectivity index (χ0n) is 16.3. The van der Waals surface area contributed by atoms with E-state index in [2.05, 4.69) is 17.9 Å². The van der Waals surface area contributed by atoms with Crippen LogP contribution in [-0.4, -0.2) is 41.7 Å². The molecule has 3 N–H and O–H groups in total. The Hall–Kier alpha value is -1.64. The summed E-state index contributed by atoms with van der Waals surface area (Å²) >= 11 is 7.78. The van der Waals surface area contributed by atoms with Gasteiger partial charge in [-0.15, -0.1) is 11.3 Å². The first kappa shape index (κ1) is 20.6. The number of ether oxygens (including phenoxy) is 2. The van der Waals surface area contributed by atoms with Crippen LogP contribution in [0.5, 0.6) is 5.75 Å². The number of benzene rings is 1. The molecule has 1 spiro atoms. The molecular weight excluding hydrogens is 412 g/mol. The standard InChI is InChI=1S/C21H25ClN2O4S/c1-13-9-21(20-16(8-18(22)29-20)17(25)11-28-21)5-6-24(13)10-14-3-2-4-15(7-14)27-12-19(23)26/h2-4,7-8,13,17,25H,5-6,9-12H2,1H3,(H2,23,26)/t13-,17-,21+/m0/s1. The van der Waals surface area contributed by atoms with Crippen LogP contribution in [0, 0.1) is 0 Å². The molecule has 156 valence electrons. The smallest absolute Gasteiger partial charge is 0.255 e. The molecule has 6 nitrogen and oxygen atoms in total. The third kappa shape index (κ3) is 4.29. The number of hydrogen-bond acceptors (Lipinski definition) is 6. The first-order valence-corrected chi connectivity index (χ1v) is 10.9. The second kappa shape index (κ2) is 8.24. The zero-order valence-corrected chi connectivity index (χ0v) is 17.8. The minimum absolute atomic E-state index is 0.124. The molecule has 2 aromatic rings. The van der Waals surface area contributed by atoms with Crippen LogP contribution in [0.3, 0.4) is 0 Å². The summed E-state index contributed by atoms with van der Waals surface area (Å²) < 4.78 is 12.3. The van der Waals surface area contributed by atoms with Crippen LogP contribution >= 0.6 is 22.9 Å². The number of carbonyl (C=O) groups excluding carboxylic acids is 1. The number of primary amides is 1. The van der Waals surface area contributed by atoms with E-state index < -0.39 is 12.0 Å². The number of amides is 1. The molecule has 2 aliphatic heterocycles. The van der Waals surface area contributed by atoms with Crippen molar-refractivity contribution >= 4 is 28.8 Å². The number of likely N-dealkylation sites (tertiary alicyclic amines) is 1. The van der Waals surface area contributed by atoms with Gasteiger partial charge in [-0.1, -0.05) is 23.7 Å². The molecule has 8 heteroatoms. The van der Waals surface area contributed by atoms with E-state index >= 15 is 0 Å². The molecule has 1 fully saturated rings. The van der Waals surface area contributed by atoms with Crippen molar-refractivity contribution in [1.29, 1.82) is 0 Å². The van der Waals surface area contributed by atoms with Gasteiger partial charge in [-0.05, 0) is 43.5 Å². The van der Waals surface area contributed by atoms with Gasteiger partial charge in [-0.3, -0.25) is 9.69 Å². The number of aliphatic hydroxyl groups is 1. The van der Waals surface area contributed by atoms with Crippen molar-refractivity contribution in [3.8, 4) is 5.75 Å². The van der Waals surface area contributed by atoms with Crippen LogP contribution in [0.2, 0.25) is 4.34 Å². The number of hydrogen-bond donors (Lipinski definition) is 2. The number of thiophene rings is 1. The summed E-state index contributed by atoms with van der Waals surface area (Å²) in [6.45, 7) is 4.05. The minimum Gasteiger partial charge on any atom is -0.484 e. The van der Waals surface area contributed by atoms with Gasteiger partial charge < -0.3 is 20.3 Å².